The molecule has 0 spiro atoms. The quantitative estimate of drug-likeness (QED) is 0.471. The van der Waals surface area contributed by atoms with Crippen LogP contribution in [-0.2, 0) is 16.1 Å². The lowest BCUT2D eigenvalue weighted by Gasteiger charge is -2.23. The minimum atomic E-state index is -0.536. The first-order chi connectivity index (χ1) is 15.8. The molecule has 2 aromatic rings. The molecule has 1 fully saturated rings. The fourth-order valence-electron chi connectivity index (χ4n) is 4.38. The van der Waals surface area contributed by atoms with Gasteiger partial charge in [0.25, 0.3) is 5.91 Å². The number of hydrogen-bond acceptors (Lipinski definition) is 6. The lowest BCUT2D eigenvalue weighted by atomic mass is 9.84. The van der Waals surface area contributed by atoms with E-state index >= 15 is 0 Å². The van der Waals surface area contributed by atoms with Crippen LogP contribution in [0.4, 0.5) is 0 Å². The molecular formula is C26H37N3O4. The van der Waals surface area contributed by atoms with E-state index in [1.807, 2.05) is 39.0 Å². The van der Waals surface area contributed by atoms with Crippen molar-refractivity contribution in [3.05, 3.63) is 47.6 Å². The number of amides is 1. The Balaban J connectivity index is 1.59. The van der Waals surface area contributed by atoms with Crippen molar-refractivity contribution in [2.24, 2.45) is 5.92 Å². The number of esters is 1. The molecule has 0 bridgehead atoms. The van der Waals surface area contributed by atoms with Crippen molar-refractivity contribution in [2.45, 2.75) is 96.6 Å². The zero-order valence-corrected chi connectivity index (χ0v) is 20.1. The molecule has 180 valence electrons. The molecule has 1 aromatic carbocycles. The van der Waals surface area contributed by atoms with Crippen LogP contribution in [0.5, 0.6) is 0 Å². The summed E-state index contributed by atoms with van der Waals surface area (Å²) in [6.45, 7) is 5.76. The summed E-state index contributed by atoms with van der Waals surface area (Å²) in [5, 5.41) is 6.84. The number of aromatic nitrogens is 2. The maximum atomic E-state index is 12.5. The van der Waals surface area contributed by atoms with Gasteiger partial charge in [0.05, 0.1) is 13.0 Å². The van der Waals surface area contributed by atoms with Crippen molar-refractivity contribution >= 4 is 11.9 Å². The number of hydrogen-bond donors (Lipinski definition) is 1. The van der Waals surface area contributed by atoms with E-state index in [4.69, 9.17) is 9.26 Å². The van der Waals surface area contributed by atoms with E-state index in [-0.39, 0.29) is 30.8 Å². The van der Waals surface area contributed by atoms with E-state index in [2.05, 4.69) is 15.5 Å². The second-order valence-electron chi connectivity index (χ2n) is 10.0. The third kappa shape index (κ3) is 8.63. The highest BCUT2D eigenvalue weighted by Crippen LogP contribution is 2.31. The minimum absolute atomic E-state index is 0.165. The Morgan fingerprint density at radius 2 is 1.88 bits per heavy atom. The minimum Gasteiger partial charge on any atom is -0.460 e. The first-order valence-corrected chi connectivity index (χ1v) is 12.2. The van der Waals surface area contributed by atoms with Crippen LogP contribution in [0.2, 0.25) is 0 Å². The Labute approximate surface area is 196 Å². The van der Waals surface area contributed by atoms with Crippen LogP contribution in [0.3, 0.4) is 0 Å². The van der Waals surface area contributed by atoms with Crippen molar-refractivity contribution < 1.29 is 18.8 Å². The van der Waals surface area contributed by atoms with Crippen molar-refractivity contribution in [3.8, 4) is 0 Å². The van der Waals surface area contributed by atoms with Gasteiger partial charge in [0, 0.05) is 11.5 Å². The molecular weight excluding hydrogens is 418 g/mol. The van der Waals surface area contributed by atoms with E-state index < -0.39 is 5.60 Å². The second-order valence-corrected chi connectivity index (χ2v) is 10.0. The number of carbonyl (C=O) groups is 2. The number of carbonyl (C=O) groups excluding carboxylic acids is 2. The highest BCUT2D eigenvalue weighted by molar-refractivity contribution is 5.93. The molecule has 1 saturated carbocycles. The summed E-state index contributed by atoms with van der Waals surface area (Å²) in [4.78, 5) is 29.3. The average molecular weight is 456 g/mol. The van der Waals surface area contributed by atoms with Crippen LogP contribution >= 0.6 is 0 Å². The lowest BCUT2D eigenvalue weighted by Crippen LogP contribution is -2.25. The second kappa shape index (κ2) is 12.0. The van der Waals surface area contributed by atoms with Gasteiger partial charge in [-0.1, -0.05) is 68.3 Å². The topological polar surface area (TPSA) is 94.3 Å². The summed E-state index contributed by atoms with van der Waals surface area (Å²) >= 11 is 0. The predicted molar refractivity (Wildman–Crippen MR) is 126 cm³/mol. The van der Waals surface area contributed by atoms with Crippen molar-refractivity contribution in [1.82, 2.24) is 15.5 Å². The highest BCUT2D eigenvalue weighted by atomic mass is 16.6. The summed E-state index contributed by atoms with van der Waals surface area (Å²) in [6.07, 6.45) is 9.81. The smallest absolute Gasteiger partial charge is 0.307 e. The Hall–Kier alpha value is -2.70. The SMILES string of the molecule is CC(C)(C)OC(=O)CC(CCCC1CCCCC1)c1nc(CNC(=O)c2ccccc2)no1. The number of ether oxygens (including phenoxy) is 1. The first-order valence-electron chi connectivity index (χ1n) is 12.2. The molecule has 1 unspecified atom stereocenters. The third-order valence-electron chi connectivity index (χ3n) is 6.00. The van der Waals surface area contributed by atoms with Gasteiger partial charge < -0.3 is 14.6 Å². The van der Waals surface area contributed by atoms with Gasteiger partial charge in [-0.05, 0) is 45.2 Å². The Morgan fingerprint density at radius 3 is 2.58 bits per heavy atom. The summed E-state index contributed by atoms with van der Waals surface area (Å²) in [5.74, 6) is 0.980. The monoisotopic (exact) mass is 455 g/mol. The van der Waals surface area contributed by atoms with E-state index in [1.54, 1.807) is 12.1 Å². The van der Waals surface area contributed by atoms with Gasteiger partial charge in [-0.15, -0.1) is 0 Å². The number of nitrogens with zero attached hydrogens (tertiary/aromatic N) is 2. The maximum Gasteiger partial charge on any atom is 0.307 e. The van der Waals surface area contributed by atoms with Gasteiger partial charge in [0.2, 0.25) is 5.89 Å². The number of rotatable bonds is 10. The molecule has 3 rings (SSSR count). The van der Waals surface area contributed by atoms with E-state index in [0.717, 1.165) is 18.8 Å². The van der Waals surface area contributed by atoms with Crippen molar-refractivity contribution in [2.75, 3.05) is 0 Å². The molecule has 1 atom stereocenters. The summed E-state index contributed by atoms with van der Waals surface area (Å²) < 4.78 is 11.1. The van der Waals surface area contributed by atoms with Gasteiger partial charge in [-0.2, -0.15) is 4.98 Å². The molecule has 1 aliphatic carbocycles. The Kier molecular flexibility index (Phi) is 9.03. The normalized spacial score (nSPS) is 15.7. The fraction of sp³-hybridized carbons (Fsp3) is 0.615. The van der Waals surface area contributed by atoms with Crippen molar-refractivity contribution in [3.63, 3.8) is 0 Å². The summed E-state index contributed by atoms with van der Waals surface area (Å²) in [5.41, 5.74) is 0.0394. The maximum absolute atomic E-state index is 12.5. The third-order valence-corrected chi connectivity index (χ3v) is 6.00. The van der Waals surface area contributed by atoms with Crippen LogP contribution in [0.1, 0.15) is 107 Å². The summed E-state index contributed by atoms with van der Waals surface area (Å²) in [6, 6.07) is 8.99. The van der Waals surface area contributed by atoms with Crippen LogP contribution in [0.15, 0.2) is 34.9 Å². The Morgan fingerprint density at radius 1 is 1.15 bits per heavy atom. The molecule has 7 nitrogen and oxygen atoms in total. The standard InChI is InChI=1S/C26H37N3O4/c1-26(2,3)32-23(30)17-21(16-10-13-19-11-6-4-7-12-19)25-28-22(29-33-25)18-27-24(31)20-14-8-5-9-15-20/h5,8-9,14-15,19,21H,4,6-7,10-13,16-18H2,1-3H3,(H,27,31). The van der Waals surface area contributed by atoms with Crippen LogP contribution in [-0.4, -0.2) is 27.6 Å². The van der Waals surface area contributed by atoms with Gasteiger partial charge in [-0.3, -0.25) is 9.59 Å². The molecule has 0 radical (unpaired) electrons. The van der Waals surface area contributed by atoms with E-state index in [1.165, 1.54) is 38.5 Å². The molecule has 0 aliphatic heterocycles. The fourth-order valence-corrected chi connectivity index (χ4v) is 4.38. The van der Waals surface area contributed by atoms with Crippen LogP contribution in [0.25, 0.3) is 0 Å². The first kappa shape index (κ1) is 24.9. The molecule has 0 saturated heterocycles. The zero-order valence-electron chi connectivity index (χ0n) is 20.1. The molecule has 1 amide bonds. The highest BCUT2D eigenvalue weighted by Gasteiger charge is 2.26. The molecule has 33 heavy (non-hydrogen) atoms. The molecule has 7 heteroatoms. The van der Waals surface area contributed by atoms with Gasteiger partial charge >= 0.3 is 5.97 Å². The van der Waals surface area contributed by atoms with Crippen LogP contribution in [0, 0.1) is 5.92 Å². The Bertz CT molecular complexity index is 882. The lowest BCUT2D eigenvalue weighted by molar-refractivity contribution is -0.155. The van der Waals surface area contributed by atoms with E-state index in [0.29, 0.717) is 17.3 Å². The average Bonchev–Trinajstić information content (AvgIpc) is 3.26. The molecule has 1 heterocycles. The molecule has 1 aromatic heterocycles. The molecule has 1 aliphatic rings. The van der Waals surface area contributed by atoms with Gasteiger partial charge in [-0.25, -0.2) is 0 Å². The largest absolute Gasteiger partial charge is 0.460 e. The van der Waals surface area contributed by atoms with Gasteiger partial charge in [0.15, 0.2) is 5.82 Å². The van der Waals surface area contributed by atoms with Gasteiger partial charge in [0.1, 0.15) is 5.60 Å². The predicted octanol–water partition coefficient (Wildman–Crippen LogP) is 5.57. The number of nitrogens with one attached hydrogen (secondary N) is 1. The van der Waals surface area contributed by atoms with Crippen LogP contribution < -0.4 is 5.32 Å². The summed E-state index contributed by atoms with van der Waals surface area (Å²) in [7, 11) is 0. The number of benzene rings is 1. The van der Waals surface area contributed by atoms with Crippen molar-refractivity contribution in [1.29, 1.82) is 0 Å². The molecule has 1 N–H and O–H groups in total. The zero-order chi connectivity index (χ0) is 23.7. The van der Waals surface area contributed by atoms with E-state index in [9.17, 15) is 9.59 Å².